The van der Waals surface area contributed by atoms with E-state index in [1.807, 2.05) is 36.4 Å². The highest BCUT2D eigenvalue weighted by atomic mass is 16.3. The molecule has 3 N–H and O–H groups in total. The van der Waals surface area contributed by atoms with Crippen LogP contribution in [0.15, 0.2) is 36.4 Å². The molecule has 3 heteroatoms. The molecule has 1 unspecified atom stereocenters. The summed E-state index contributed by atoms with van der Waals surface area (Å²) in [6.07, 6.45) is 0.612. The zero-order valence-electron chi connectivity index (χ0n) is 8.43. The molecule has 0 aliphatic rings. The van der Waals surface area contributed by atoms with Crippen LogP contribution in [0.25, 0.3) is 10.9 Å². The van der Waals surface area contributed by atoms with Gasteiger partial charge in [0, 0.05) is 23.5 Å². The summed E-state index contributed by atoms with van der Waals surface area (Å²) < 4.78 is 0. The molecule has 1 heterocycles. The highest BCUT2D eigenvalue weighted by Crippen LogP contribution is 2.12. The first-order valence-electron chi connectivity index (χ1n) is 5.00. The number of fused-ring (bicyclic) bond motifs is 1. The molecular weight excluding hydrogens is 188 g/mol. The molecule has 0 saturated carbocycles. The van der Waals surface area contributed by atoms with Gasteiger partial charge in [0.2, 0.25) is 0 Å². The van der Waals surface area contributed by atoms with Gasteiger partial charge in [0.1, 0.15) is 0 Å². The molecule has 0 aliphatic heterocycles. The Balaban J connectivity index is 2.30. The van der Waals surface area contributed by atoms with Crippen LogP contribution >= 0.6 is 0 Å². The van der Waals surface area contributed by atoms with Gasteiger partial charge in [-0.3, -0.25) is 4.98 Å². The van der Waals surface area contributed by atoms with Gasteiger partial charge in [0.05, 0.1) is 12.1 Å². The summed E-state index contributed by atoms with van der Waals surface area (Å²) in [5, 5.41) is 9.98. The molecule has 0 fully saturated rings. The number of aliphatic hydroxyl groups is 1. The zero-order valence-corrected chi connectivity index (χ0v) is 8.43. The summed E-state index contributed by atoms with van der Waals surface area (Å²) in [7, 11) is 0. The number of nitrogens with zero attached hydrogens (tertiary/aromatic N) is 1. The van der Waals surface area contributed by atoms with E-state index >= 15 is 0 Å². The number of aromatic nitrogens is 1. The standard InChI is InChI=1S/C12H14N2O/c13-10(8-15)7-11-6-5-9-3-1-2-4-12(9)14-11/h1-6,10,15H,7-8,13H2. The van der Waals surface area contributed by atoms with Crippen molar-refractivity contribution in [3.63, 3.8) is 0 Å². The van der Waals surface area contributed by atoms with Crippen LogP contribution in [0.1, 0.15) is 5.69 Å². The second kappa shape index (κ2) is 4.38. The predicted octanol–water partition coefficient (Wildman–Crippen LogP) is 1.10. The van der Waals surface area contributed by atoms with E-state index in [0.29, 0.717) is 6.42 Å². The van der Waals surface area contributed by atoms with Crippen LogP contribution in [0, 0.1) is 0 Å². The third-order valence-corrected chi connectivity index (χ3v) is 2.36. The highest BCUT2D eigenvalue weighted by molar-refractivity contribution is 5.78. The van der Waals surface area contributed by atoms with Gasteiger partial charge in [-0.15, -0.1) is 0 Å². The number of rotatable bonds is 3. The first kappa shape index (κ1) is 10.1. The highest BCUT2D eigenvalue weighted by Gasteiger charge is 2.04. The number of benzene rings is 1. The molecule has 0 saturated heterocycles. The van der Waals surface area contributed by atoms with Crippen LogP contribution in [-0.4, -0.2) is 22.7 Å². The second-order valence-electron chi connectivity index (χ2n) is 3.64. The molecule has 0 amide bonds. The Morgan fingerprint density at radius 3 is 2.80 bits per heavy atom. The number of para-hydroxylation sites is 1. The monoisotopic (exact) mass is 202 g/mol. The Morgan fingerprint density at radius 2 is 2.00 bits per heavy atom. The Hall–Kier alpha value is -1.45. The SMILES string of the molecule is NC(CO)Cc1ccc2ccccc2n1. The third kappa shape index (κ3) is 2.32. The number of nitrogens with two attached hydrogens (primary N) is 1. The van der Waals surface area contributed by atoms with Crippen molar-refractivity contribution in [3.8, 4) is 0 Å². The van der Waals surface area contributed by atoms with E-state index in [-0.39, 0.29) is 12.6 Å². The quantitative estimate of drug-likeness (QED) is 0.783. The minimum Gasteiger partial charge on any atom is -0.395 e. The lowest BCUT2D eigenvalue weighted by Gasteiger charge is -2.07. The van der Waals surface area contributed by atoms with E-state index in [9.17, 15) is 0 Å². The molecule has 1 aromatic heterocycles. The summed E-state index contributed by atoms with van der Waals surface area (Å²) in [6, 6.07) is 11.7. The minimum absolute atomic E-state index is 0.00545. The number of hydrogen-bond donors (Lipinski definition) is 2. The zero-order chi connectivity index (χ0) is 10.7. The smallest absolute Gasteiger partial charge is 0.0705 e. The van der Waals surface area contributed by atoms with Crippen LogP contribution in [0.5, 0.6) is 0 Å². The van der Waals surface area contributed by atoms with Gasteiger partial charge in [0.15, 0.2) is 0 Å². The van der Waals surface area contributed by atoms with Crippen molar-refractivity contribution >= 4 is 10.9 Å². The topological polar surface area (TPSA) is 59.1 Å². The fourth-order valence-electron chi connectivity index (χ4n) is 1.56. The largest absolute Gasteiger partial charge is 0.395 e. The maximum Gasteiger partial charge on any atom is 0.0705 e. The molecule has 3 nitrogen and oxygen atoms in total. The van der Waals surface area contributed by atoms with Gasteiger partial charge in [-0.1, -0.05) is 24.3 Å². The van der Waals surface area contributed by atoms with Crippen molar-refractivity contribution in [1.29, 1.82) is 0 Å². The van der Waals surface area contributed by atoms with E-state index in [2.05, 4.69) is 4.98 Å². The van der Waals surface area contributed by atoms with Gasteiger partial charge in [-0.05, 0) is 12.1 Å². The molecule has 1 atom stereocenters. The van der Waals surface area contributed by atoms with Gasteiger partial charge in [-0.2, -0.15) is 0 Å². The predicted molar refractivity (Wildman–Crippen MR) is 60.5 cm³/mol. The molecule has 78 valence electrons. The Morgan fingerprint density at radius 1 is 1.20 bits per heavy atom. The third-order valence-electron chi connectivity index (χ3n) is 2.36. The minimum atomic E-state index is -0.223. The lowest BCUT2D eigenvalue weighted by atomic mass is 10.1. The maximum absolute atomic E-state index is 8.86. The summed E-state index contributed by atoms with van der Waals surface area (Å²) in [6.45, 7) is -0.00545. The summed E-state index contributed by atoms with van der Waals surface area (Å²) in [5.74, 6) is 0. The van der Waals surface area contributed by atoms with Gasteiger partial charge < -0.3 is 10.8 Å². The molecular formula is C12H14N2O. The summed E-state index contributed by atoms with van der Waals surface area (Å²) >= 11 is 0. The number of hydrogen-bond acceptors (Lipinski definition) is 3. The molecule has 1 aromatic carbocycles. The van der Waals surface area contributed by atoms with Crippen molar-refractivity contribution in [3.05, 3.63) is 42.1 Å². The number of pyridine rings is 1. The normalized spacial score (nSPS) is 12.9. The Kier molecular flexibility index (Phi) is 2.94. The first-order chi connectivity index (χ1) is 7.29. The fourth-order valence-corrected chi connectivity index (χ4v) is 1.56. The first-order valence-corrected chi connectivity index (χ1v) is 5.00. The van der Waals surface area contributed by atoms with Crippen LogP contribution < -0.4 is 5.73 Å². The van der Waals surface area contributed by atoms with Crippen molar-refractivity contribution in [1.82, 2.24) is 4.98 Å². The summed E-state index contributed by atoms with van der Waals surface area (Å²) in [4.78, 5) is 4.47. The van der Waals surface area contributed by atoms with Crippen molar-refractivity contribution in [2.45, 2.75) is 12.5 Å². The van der Waals surface area contributed by atoms with Crippen molar-refractivity contribution in [2.75, 3.05) is 6.61 Å². The van der Waals surface area contributed by atoms with Crippen LogP contribution in [0.3, 0.4) is 0 Å². The van der Waals surface area contributed by atoms with Gasteiger partial charge in [-0.25, -0.2) is 0 Å². The van der Waals surface area contributed by atoms with Crippen LogP contribution in [0.4, 0.5) is 0 Å². The number of aliphatic hydroxyl groups excluding tert-OH is 1. The Labute approximate surface area is 88.6 Å². The van der Waals surface area contributed by atoms with Crippen LogP contribution in [0.2, 0.25) is 0 Å². The van der Waals surface area contributed by atoms with E-state index in [1.165, 1.54) is 0 Å². The van der Waals surface area contributed by atoms with Crippen molar-refractivity contribution in [2.24, 2.45) is 5.73 Å². The van der Waals surface area contributed by atoms with E-state index in [0.717, 1.165) is 16.6 Å². The maximum atomic E-state index is 8.86. The average Bonchev–Trinajstić information content (AvgIpc) is 2.29. The van der Waals surface area contributed by atoms with E-state index < -0.39 is 0 Å². The Bertz CT molecular complexity index is 456. The summed E-state index contributed by atoms with van der Waals surface area (Å²) in [5.41, 5.74) is 7.56. The fraction of sp³-hybridized carbons (Fsp3) is 0.250. The lowest BCUT2D eigenvalue weighted by Crippen LogP contribution is -2.27. The van der Waals surface area contributed by atoms with E-state index in [1.54, 1.807) is 0 Å². The van der Waals surface area contributed by atoms with Gasteiger partial charge in [0.25, 0.3) is 0 Å². The molecule has 15 heavy (non-hydrogen) atoms. The van der Waals surface area contributed by atoms with Crippen molar-refractivity contribution < 1.29 is 5.11 Å². The van der Waals surface area contributed by atoms with Crippen LogP contribution in [-0.2, 0) is 6.42 Å². The average molecular weight is 202 g/mol. The molecule has 0 aliphatic carbocycles. The second-order valence-corrected chi connectivity index (χ2v) is 3.64. The van der Waals surface area contributed by atoms with Gasteiger partial charge >= 0.3 is 0 Å². The molecule has 0 bridgehead atoms. The molecule has 0 radical (unpaired) electrons. The lowest BCUT2D eigenvalue weighted by molar-refractivity contribution is 0.264. The molecule has 0 spiro atoms. The van der Waals surface area contributed by atoms with E-state index in [4.69, 9.17) is 10.8 Å². The molecule has 2 rings (SSSR count). The molecule has 2 aromatic rings.